The number of fused-ring (bicyclic) bond motifs is 1. The molecule has 1 aromatic rings. The number of rotatable bonds is 4. The smallest absolute Gasteiger partial charge is 0.228 e. The maximum atomic E-state index is 13.0. The fourth-order valence-electron chi connectivity index (χ4n) is 4.07. The first kappa shape index (κ1) is 16.8. The second kappa shape index (κ2) is 6.81. The highest BCUT2D eigenvalue weighted by molar-refractivity contribution is 9.10. The Balaban J connectivity index is 1.73. The third-order valence-corrected chi connectivity index (χ3v) is 6.13. The predicted octanol–water partition coefficient (Wildman–Crippen LogP) is 3.41. The lowest BCUT2D eigenvalue weighted by Crippen LogP contribution is -2.48. The quantitative estimate of drug-likeness (QED) is 0.841. The first-order chi connectivity index (χ1) is 11.1. The van der Waals surface area contributed by atoms with Crippen LogP contribution in [0, 0.1) is 11.3 Å². The maximum Gasteiger partial charge on any atom is 0.228 e. The van der Waals surface area contributed by atoms with Crippen LogP contribution in [0.1, 0.15) is 44.2 Å². The van der Waals surface area contributed by atoms with Crippen LogP contribution in [-0.2, 0) is 4.79 Å². The number of benzene rings is 1. The molecule has 23 heavy (non-hydrogen) atoms. The highest BCUT2D eigenvalue weighted by atomic mass is 79.9. The van der Waals surface area contributed by atoms with Crippen molar-refractivity contribution in [2.75, 3.05) is 20.2 Å². The molecule has 3 rings (SSSR count). The van der Waals surface area contributed by atoms with Crippen LogP contribution in [0.2, 0.25) is 0 Å². The van der Waals surface area contributed by atoms with E-state index in [1.165, 1.54) is 12.8 Å². The maximum absolute atomic E-state index is 13.0. The number of nitrogens with one attached hydrogen (secondary N) is 2. The third-order valence-electron chi connectivity index (χ3n) is 5.51. The van der Waals surface area contributed by atoms with Crippen LogP contribution in [0.3, 0.4) is 0 Å². The predicted molar refractivity (Wildman–Crippen MR) is 94.5 cm³/mol. The number of ether oxygens (including phenoxy) is 1. The monoisotopic (exact) mass is 380 g/mol. The van der Waals surface area contributed by atoms with Crippen molar-refractivity contribution in [1.82, 2.24) is 10.6 Å². The van der Waals surface area contributed by atoms with E-state index in [9.17, 15) is 4.79 Å². The van der Waals surface area contributed by atoms with Gasteiger partial charge in [-0.15, -0.1) is 0 Å². The van der Waals surface area contributed by atoms with Gasteiger partial charge in [-0.05, 0) is 65.9 Å². The molecule has 0 bridgehead atoms. The fourth-order valence-corrected chi connectivity index (χ4v) is 4.62. The Morgan fingerprint density at radius 3 is 3.04 bits per heavy atom. The van der Waals surface area contributed by atoms with E-state index in [1.54, 1.807) is 7.11 Å². The minimum atomic E-state index is -0.198. The van der Waals surface area contributed by atoms with Crippen LogP contribution in [0.5, 0.6) is 5.75 Å². The van der Waals surface area contributed by atoms with Gasteiger partial charge in [0.2, 0.25) is 5.91 Å². The van der Waals surface area contributed by atoms with Crippen molar-refractivity contribution >= 4 is 21.8 Å². The second-order valence-corrected chi connectivity index (χ2v) is 7.67. The molecule has 4 nitrogen and oxygen atoms in total. The Bertz CT molecular complexity index is 592. The topological polar surface area (TPSA) is 50.4 Å². The number of hydrogen-bond donors (Lipinski definition) is 2. The first-order valence-corrected chi connectivity index (χ1v) is 9.21. The largest absolute Gasteiger partial charge is 0.496 e. The van der Waals surface area contributed by atoms with Gasteiger partial charge in [0.25, 0.3) is 0 Å². The number of halogens is 1. The van der Waals surface area contributed by atoms with Gasteiger partial charge in [-0.3, -0.25) is 4.79 Å². The lowest BCUT2D eigenvalue weighted by atomic mass is 9.67. The summed E-state index contributed by atoms with van der Waals surface area (Å²) >= 11 is 3.51. The summed E-state index contributed by atoms with van der Waals surface area (Å²) in [4.78, 5) is 13.0. The SMILES string of the molecule is COc1ccc(C(C)NC(=O)[C@@]23CCCC[C@H]2CNC3)cc1Br. The van der Waals surface area contributed by atoms with Crippen LogP contribution < -0.4 is 15.4 Å². The van der Waals surface area contributed by atoms with Crippen LogP contribution in [0.15, 0.2) is 22.7 Å². The van der Waals surface area contributed by atoms with Gasteiger partial charge in [0.15, 0.2) is 0 Å². The van der Waals surface area contributed by atoms with Crippen LogP contribution in [0.4, 0.5) is 0 Å². The molecular weight excluding hydrogens is 356 g/mol. The van der Waals surface area contributed by atoms with E-state index >= 15 is 0 Å². The standard InChI is InChI=1S/C18H25BrN2O2/c1-12(13-6-7-16(23-2)15(19)9-13)21-17(22)18-8-4-3-5-14(18)10-20-11-18/h6-7,9,12,14,20H,3-5,8,10-11H2,1-2H3,(H,21,22)/t12?,14-,18+/m0/s1. The zero-order chi connectivity index (χ0) is 16.4. The first-order valence-electron chi connectivity index (χ1n) is 8.42. The highest BCUT2D eigenvalue weighted by Gasteiger charge is 2.49. The van der Waals surface area contributed by atoms with Crippen molar-refractivity contribution in [1.29, 1.82) is 0 Å². The number of carbonyl (C=O) groups excluding carboxylic acids is 1. The van der Waals surface area contributed by atoms with E-state index in [-0.39, 0.29) is 17.4 Å². The Labute approximate surface area is 146 Å². The van der Waals surface area contributed by atoms with Crippen molar-refractivity contribution in [3.63, 3.8) is 0 Å². The van der Waals surface area contributed by atoms with Gasteiger partial charge < -0.3 is 15.4 Å². The highest BCUT2D eigenvalue weighted by Crippen LogP contribution is 2.44. The van der Waals surface area contributed by atoms with Crippen molar-refractivity contribution in [2.24, 2.45) is 11.3 Å². The molecule has 5 heteroatoms. The summed E-state index contributed by atoms with van der Waals surface area (Å²) in [7, 11) is 1.65. The average Bonchev–Trinajstić information content (AvgIpc) is 3.00. The van der Waals surface area contributed by atoms with E-state index < -0.39 is 0 Å². The summed E-state index contributed by atoms with van der Waals surface area (Å²) in [6, 6.07) is 5.95. The summed E-state index contributed by atoms with van der Waals surface area (Å²) in [5, 5.41) is 6.69. The van der Waals surface area contributed by atoms with Gasteiger partial charge in [0.1, 0.15) is 5.75 Å². The molecule has 0 aromatic heterocycles. The number of hydrogen-bond acceptors (Lipinski definition) is 3. The molecule has 1 aromatic carbocycles. The summed E-state index contributed by atoms with van der Waals surface area (Å²) in [6.45, 7) is 3.85. The van der Waals surface area contributed by atoms with Gasteiger partial charge in [0, 0.05) is 6.54 Å². The van der Waals surface area contributed by atoms with E-state index in [0.717, 1.165) is 41.7 Å². The second-order valence-electron chi connectivity index (χ2n) is 6.82. The lowest BCUT2D eigenvalue weighted by Gasteiger charge is -2.38. The molecule has 126 valence electrons. The third kappa shape index (κ3) is 3.13. The molecule has 1 saturated carbocycles. The van der Waals surface area contributed by atoms with Crippen molar-refractivity contribution in [3.05, 3.63) is 28.2 Å². The molecule has 0 radical (unpaired) electrons. The van der Waals surface area contributed by atoms with Gasteiger partial charge in [0.05, 0.1) is 23.0 Å². The Morgan fingerprint density at radius 1 is 1.48 bits per heavy atom. The molecule has 1 aliphatic carbocycles. The molecule has 0 spiro atoms. The average molecular weight is 381 g/mol. The van der Waals surface area contributed by atoms with Gasteiger partial charge in [-0.2, -0.15) is 0 Å². The molecule has 2 fully saturated rings. The van der Waals surface area contributed by atoms with E-state index in [4.69, 9.17) is 4.74 Å². The zero-order valence-corrected chi connectivity index (χ0v) is 15.4. The molecule has 1 aliphatic heterocycles. The van der Waals surface area contributed by atoms with E-state index in [2.05, 4.69) is 26.6 Å². The van der Waals surface area contributed by atoms with Crippen LogP contribution in [-0.4, -0.2) is 26.1 Å². The normalized spacial score (nSPS) is 28.0. The number of carbonyl (C=O) groups is 1. The van der Waals surface area contributed by atoms with E-state index in [0.29, 0.717) is 5.92 Å². The zero-order valence-electron chi connectivity index (χ0n) is 13.8. The summed E-state index contributed by atoms with van der Waals surface area (Å²) in [5.74, 6) is 1.51. The Hall–Kier alpha value is -1.07. The summed E-state index contributed by atoms with van der Waals surface area (Å²) in [5.41, 5.74) is 0.886. The van der Waals surface area contributed by atoms with Crippen molar-refractivity contribution in [2.45, 2.75) is 38.6 Å². The van der Waals surface area contributed by atoms with E-state index in [1.807, 2.05) is 25.1 Å². The van der Waals surface area contributed by atoms with Crippen LogP contribution in [0.25, 0.3) is 0 Å². The molecule has 1 heterocycles. The van der Waals surface area contributed by atoms with Gasteiger partial charge in [-0.1, -0.05) is 18.9 Å². The minimum absolute atomic E-state index is 0.0118. The summed E-state index contributed by atoms with van der Waals surface area (Å²) in [6.07, 6.45) is 4.59. The molecule has 1 unspecified atom stereocenters. The molecule has 1 amide bonds. The lowest BCUT2D eigenvalue weighted by molar-refractivity contribution is -0.134. The van der Waals surface area contributed by atoms with Gasteiger partial charge in [-0.25, -0.2) is 0 Å². The Kier molecular flexibility index (Phi) is 4.97. The number of methoxy groups -OCH3 is 1. The minimum Gasteiger partial charge on any atom is -0.496 e. The van der Waals surface area contributed by atoms with Crippen molar-refractivity contribution < 1.29 is 9.53 Å². The molecule has 2 aliphatic rings. The van der Waals surface area contributed by atoms with Gasteiger partial charge >= 0.3 is 0 Å². The summed E-state index contributed by atoms with van der Waals surface area (Å²) < 4.78 is 6.18. The molecular formula is C18H25BrN2O2. The van der Waals surface area contributed by atoms with Crippen molar-refractivity contribution in [3.8, 4) is 5.75 Å². The van der Waals surface area contributed by atoms with Crippen LogP contribution >= 0.6 is 15.9 Å². The molecule has 2 N–H and O–H groups in total. The fraction of sp³-hybridized carbons (Fsp3) is 0.611. The number of amides is 1. The molecule has 1 saturated heterocycles. The Morgan fingerprint density at radius 2 is 2.30 bits per heavy atom. The molecule has 3 atom stereocenters.